The molecule has 0 bridgehead atoms. The van der Waals surface area contributed by atoms with E-state index in [1.807, 2.05) is 0 Å². The van der Waals surface area contributed by atoms with Crippen LogP contribution in [0.15, 0.2) is 18.3 Å². The Morgan fingerprint density at radius 1 is 1.53 bits per heavy atom. The molecular weight excluding hydrogens is 264 g/mol. The van der Waals surface area contributed by atoms with Gasteiger partial charge in [-0.2, -0.15) is 0 Å². The number of hydrogen-bond donors (Lipinski definition) is 2. The SMILES string of the molecule is CC(C)CCC(C)(O)CNC(=O)c1ccc(Cl)cn1. The first-order chi connectivity index (χ1) is 8.80. The zero-order valence-corrected chi connectivity index (χ0v) is 12.4. The van der Waals surface area contributed by atoms with Crippen molar-refractivity contribution >= 4 is 17.5 Å². The number of halogens is 1. The van der Waals surface area contributed by atoms with E-state index in [9.17, 15) is 9.90 Å². The fraction of sp³-hybridized carbons (Fsp3) is 0.571. The third kappa shape index (κ3) is 6.03. The molecule has 1 aromatic rings. The molecule has 1 heterocycles. The van der Waals surface area contributed by atoms with Crippen molar-refractivity contribution in [3.8, 4) is 0 Å². The number of aromatic nitrogens is 1. The molecule has 0 saturated carbocycles. The van der Waals surface area contributed by atoms with E-state index in [0.29, 0.717) is 23.1 Å². The zero-order valence-electron chi connectivity index (χ0n) is 11.6. The molecular formula is C14H21ClN2O2. The Balaban J connectivity index is 2.47. The Morgan fingerprint density at radius 3 is 2.74 bits per heavy atom. The molecule has 0 aromatic carbocycles. The van der Waals surface area contributed by atoms with Crippen LogP contribution in [-0.4, -0.2) is 28.1 Å². The highest BCUT2D eigenvalue weighted by Gasteiger charge is 2.21. The van der Waals surface area contributed by atoms with Crippen LogP contribution in [0.2, 0.25) is 5.02 Å². The summed E-state index contributed by atoms with van der Waals surface area (Å²) in [5.74, 6) is 0.224. The molecule has 1 atom stereocenters. The van der Waals surface area contributed by atoms with Gasteiger partial charge in [-0.25, -0.2) is 4.98 Å². The number of pyridine rings is 1. The molecule has 0 saturated heterocycles. The normalized spacial score (nSPS) is 14.2. The summed E-state index contributed by atoms with van der Waals surface area (Å²) in [4.78, 5) is 15.7. The van der Waals surface area contributed by atoms with Crippen molar-refractivity contribution in [2.45, 2.75) is 39.2 Å². The van der Waals surface area contributed by atoms with Gasteiger partial charge in [-0.1, -0.05) is 25.4 Å². The highest BCUT2D eigenvalue weighted by molar-refractivity contribution is 6.30. The summed E-state index contributed by atoms with van der Waals surface area (Å²) >= 11 is 5.70. The van der Waals surface area contributed by atoms with Gasteiger partial charge in [0.05, 0.1) is 10.6 Å². The van der Waals surface area contributed by atoms with Gasteiger partial charge in [0.25, 0.3) is 5.91 Å². The zero-order chi connectivity index (χ0) is 14.5. The van der Waals surface area contributed by atoms with Gasteiger partial charge >= 0.3 is 0 Å². The van der Waals surface area contributed by atoms with Crippen LogP contribution in [0.3, 0.4) is 0 Å². The molecule has 0 spiro atoms. The van der Waals surface area contributed by atoms with E-state index in [4.69, 9.17) is 11.6 Å². The van der Waals surface area contributed by atoms with E-state index in [1.165, 1.54) is 6.20 Å². The van der Waals surface area contributed by atoms with Crippen LogP contribution in [0.25, 0.3) is 0 Å². The van der Waals surface area contributed by atoms with Crippen LogP contribution in [0.4, 0.5) is 0 Å². The predicted molar refractivity (Wildman–Crippen MR) is 76.3 cm³/mol. The van der Waals surface area contributed by atoms with Crippen molar-refractivity contribution in [1.82, 2.24) is 10.3 Å². The van der Waals surface area contributed by atoms with E-state index >= 15 is 0 Å². The molecule has 5 heteroatoms. The van der Waals surface area contributed by atoms with Gasteiger partial charge in [0.15, 0.2) is 0 Å². The van der Waals surface area contributed by atoms with Crippen molar-refractivity contribution in [3.05, 3.63) is 29.0 Å². The number of carbonyl (C=O) groups excluding carboxylic acids is 1. The largest absolute Gasteiger partial charge is 0.388 e. The summed E-state index contributed by atoms with van der Waals surface area (Å²) in [5, 5.41) is 13.3. The lowest BCUT2D eigenvalue weighted by Crippen LogP contribution is -2.41. The van der Waals surface area contributed by atoms with Crippen LogP contribution in [-0.2, 0) is 0 Å². The smallest absolute Gasteiger partial charge is 0.269 e. The predicted octanol–water partition coefficient (Wildman–Crippen LogP) is 2.65. The highest BCUT2D eigenvalue weighted by Crippen LogP contribution is 2.15. The van der Waals surface area contributed by atoms with E-state index in [1.54, 1.807) is 19.1 Å². The topological polar surface area (TPSA) is 62.2 Å². The molecule has 1 rings (SSSR count). The molecule has 2 N–H and O–H groups in total. The maximum atomic E-state index is 11.8. The van der Waals surface area contributed by atoms with Gasteiger partial charge in [-0.15, -0.1) is 0 Å². The van der Waals surface area contributed by atoms with Gasteiger partial charge in [-0.3, -0.25) is 4.79 Å². The fourth-order valence-electron chi connectivity index (χ4n) is 1.56. The molecule has 1 aromatic heterocycles. The van der Waals surface area contributed by atoms with Gasteiger partial charge in [0.2, 0.25) is 0 Å². The van der Waals surface area contributed by atoms with Crippen LogP contribution >= 0.6 is 11.6 Å². The Kier molecular flexibility index (Phi) is 5.76. The lowest BCUT2D eigenvalue weighted by Gasteiger charge is -2.24. The lowest BCUT2D eigenvalue weighted by atomic mass is 9.95. The third-order valence-corrected chi connectivity index (χ3v) is 3.07. The van der Waals surface area contributed by atoms with Crippen LogP contribution < -0.4 is 5.32 Å². The summed E-state index contributed by atoms with van der Waals surface area (Å²) in [6, 6.07) is 3.17. The second-order valence-corrected chi connectivity index (χ2v) is 5.91. The molecule has 4 nitrogen and oxygen atoms in total. The number of nitrogens with zero attached hydrogens (tertiary/aromatic N) is 1. The van der Waals surface area contributed by atoms with Crippen LogP contribution in [0.5, 0.6) is 0 Å². The van der Waals surface area contributed by atoms with Crippen LogP contribution in [0.1, 0.15) is 44.1 Å². The lowest BCUT2D eigenvalue weighted by molar-refractivity contribution is 0.0428. The van der Waals surface area contributed by atoms with E-state index in [0.717, 1.165) is 6.42 Å². The first-order valence-corrected chi connectivity index (χ1v) is 6.80. The van der Waals surface area contributed by atoms with E-state index in [-0.39, 0.29) is 12.5 Å². The number of nitrogens with one attached hydrogen (secondary N) is 1. The Bertz CT molecular complexity index is 416. The second kappa shape index (κ2) is 6.87. The average molecular weight is 285 g/mol. The highest BCUT2D eigenvalue weighted by atomic mass is 35.5. The van der Waals surface area contributed by atoms with Crippen molar-refractivity contribution in [2.75, 3.05) is 6.54 Å². The van der Waals surface area contributed by atoms with Crippen LogP contribution in [0, 0.1) is 5.92 Å². The Morgan fingerprint density at radius 2 is 2.21 bits per heavy atom. The maximum Gasteiger partial charge on any atom is 0.269 e. The van der Waals surface area contributed by atoms with E-state index < -0.39 is 5.60 Å². The van der Waals surface area contributed by atoms with E-state index in [2.05, 4.69) is 24.1 Å². The molecule has 0 aliphatic carbocycles. The Hall–Kier alpha value is -1.13. The van der Waals surface area contributed by atoms with Gasteiger partial charge < -0.3 is 10.4 Å². The Labute approximate surface area is 119 Å². The van der Waals surface area contributed by atoms with Crippen molar-refractivity contribution in [1.29, 1.82) is 0 Å². The summed E-state index contributed by atoms with van der Waals surface area (Å²) in [6.45, 7) is 6.15. The van der Waals surface area contributed by atoms with Gasteiger partial charge in [0.1, 0.15) is 5.69 Å². The number of aliphatic hydroxyl groups is 1. The third-order valence-electron chi connectivity index (χ3n) is 2.85. The minimum Gasteiger partial charge on any atom is -0.388 e. The summed E-state index contributed by atoms with van der Waals surface area (Å²) < 4.78 is 0. The molecule has 0 aliphatic rings. The first-order valence-electron chi connectivity index (χ1n) is 6.42. The summed E-state index contributed by atoms with van der Waals surface area (Å²) in [7, 11) is 0. The molecule has 0 radical (unpaired) electrons. The summed E-state index contributed by atoms with van der Waals surface area (Å²) in [6.07, 6.45) is 2.99. The standard InChI is InChI=1S/C14H21ClN2O2/c1-10(2)6-7-14(3,19)9-17-13(18)12-5-4-11(15)8-16-12/h4-5,8,10,19H,6-7,9H2,1-3H3,(H,17,18). The van der Waals surface area contributed by atoms with Crippen molar-refractivity contribution in [3.63, 3.8) is 0 Å². The molecule has 19 heavy (non-hydrogen) atoms. The molecule has 1 amide bonds. The number of amides is 1. The van der Waals surface area contributed by atoms with Gasteiger partial charge in [-0.05, 0) is 37.8 Å². The second-order valence-electron chi connectivity index (χ2n) is 5.47. The van der Waals surface area contributed by atoms with Crippen molar-refractivity contribution < 1.29 is 9.90 Å². The monoisotopic (exact) mass is 284 g/mol. The number of rotatable bonds is 6. The average Bonchev–Trinajstić information content (AvgIpc) is 2.35. The minimum atomic E-state index is -0.896. The van der Waals surface area contributed by atoms with Crippen molar-refractivity contribution in [2.24, 2.45) is 5.92 Å². The number of hydrogen-bond acceptors (Lipinski definition) is 3. The minimum absolute atomic E-state index is 0.211. The molecule has 0 fully saturated rings. The fourth-order valence-corrected chi connectivity index (χ4v) is 1.67. The molecule has 106 valence electrons. The molecule has 1 unspecified atom stereocenters. The maximum absolute atomic E-state index is 11.8. The quantitative estimate of drug-likeness (QED) is 0.844. The number of carbonyl (C=O) groups is 1. The summed E-state index contributed by atoms with van der Waals surface area (Å²) in [5.41, 5.74) is -0.601. The van der Waals surface area contributed by atoms with Gasteiger partial charge in [0, 0.05) is 12.7 Å². The first kappa shape index (κ1) is 15.9. The molecule has 0 aliphatic heterocycles.